The first-order valence-electron chi connectivity index (χ1n) is 18.8. The van der Waals surface area contributed by atoms with E-state index in [1.165, 1.54) is 0 Å². The van der Waals surface area contributed by atoms with Crippen molar-refractivity contribution < 1.29 is 10.2 Å². The molecule has 0 saturated heterocycles. The largest absolute Gasteiger partial charge is 0.504 e. The van der Waals surface area contributed by atoms with Crippen molar-refractivity contribution in [2.45, 2.75) is 0 Å². The highest BCUT2D eigenvalue weighted by Crippen LogP contribution is 2.60. The van der Waals surface area contributed by atoms with Crippen LogP contribution in [0.4, 0.5) is 0 Å². The molecule has 8 rings (SSSR count). The van der Waals surface area contributed by atoms with Crippen molar-refractivity contribution in [1.29, 1.82) is 0 Å². The Bertz CT molecular complexity index is 2200. The Labute approximate surface area is 331 Å². The van der Waals surface area contributed by atoms with E-state index < -0.39 is 14.5 Å². The number of rotatable bonds is 11. The van der Waals surface area contributed by atoms with Crippen LogP contribution in [-0.4, -0.2) is 10.2 Å². The first kappa shape index (κ1) is 36.7. The van der Waals surface area contributed by atoms with Gasteiger partial charge in [-0.25, -0.2) is 0 Å². The van der Waals surface area contributed by atoms with E-state index in [0.29, 0.717) is 11.1 Å². The predicted molar refractivity (Wildman–Crippen MR) is 243 cm³/mol. The lowest BCUT2D eigenvalue weighted by Gasteiger charge is -2.25. The summed E-state index contributed by atoms with van der Waals surface area (Å²) in [6.07, 6.45) is 0. The molecule has 0 aliphatic heterocycles. The molecule has 0 heterocycles. The molecule has 0 aliphatic rings. The SMILES string of the molecule is O/C(=C\[P+](c1ccccc1)(c1ccccc1)c1ccccc1)c1ccccc1-c1ccccc1/C(O)=C/[P+](c1ccccc1)(c1ccccc1)c1ccccc1. The van der Waals surface area contributed by atoms with Gasteiger partial charge in [0, 0.05) is 11.1 Å². The summed E-state index contributed by atoms with van der Waals surface area (Å²) in [6, 6.07) is 79.1. The van der Waals surface area contributed by atoms with Gasteiger partial charge in [0.05, 0.1) is 0 Å². The quantitative estimate of drug-likeness (QED) is 0.102. The van der Waals surface area contributed by atoms with Crippen LogP contribution in [0.25, 0.3) is 22.6 Å². The number of benzene rings is 8. The molecule has 8 aromatic carbocycles. The van der Waals surface area contributed by atoms with Gasteiger partial charge in [-0.05, 0) is 83.9 Å². The Morgan fingerprint density at radius 3 is 0.696 bits per heavy atom. The van der Waals surface area contributed by atoms with Crippen molar-refractivity contribution in [2.24, 2.45) is 0 Å². The molecule has 2 nitrogen and oxygen atoms in total. The van der Waals surface area contributed by atoms with E-state index in [2.05, 4.69) is 157 Å². The molecule has 0 fully saturated rings. The fourth-order valence-corrected chi connectivity index (χ4v) is 15.3. The lowest BCUT2D eigenvalue weighted by atomic mass is 9.94. The van der Waals surface area contributed by atoms with Crippen LogP contribution in [0, 0.1) is 0 Å². The molecule has 56 heavy (non-hydrogen) atoms. The second-order valence-electron chi connectivity index (χ2n) is 13.6. The van der Waals surface area contributed by atoms with Crippen molar-refractivity contribution in [3.05, 3.63) is 253 Å². The van der Waals surface area contributed by atoms with Crippen LogP contribution in [0.3, 0.4) is 0 Å². The lowest BCUT2D eigenvalue weighted by Crippen LogP contribution is -2.29. The molecule has 4 heteroatoms. The van der Waals surface area contributed by atoms with Crippen molar-refractivity contribution in [2.75, 3.05) is 0 Å². The molecule has 0 radical (unpaired) electrons. The monoisotopic (exact) mass is 760 g/mol. The molecule has 0 aromatic heterocycles. The highest BCUT2D eigenvalue weighted by Gasteiger charge is 2.46. The second kappa shape index (κ2) is 16.6. The summed E-state index contributed by atoms with van der Waals surface area (Å²) < 4.78 is 0. The Hall–Kier alpha value is -6.30. The van der Waals surface area contributed by atoms with Crippen molar-refractivity contribution in [1.82, 2.24) is 0 Å². The summed E-state index contributed by atoms with van der Waals surface area (Å²) in [6.45, 7) is 0. The first-order valence-corrected chi connectivity index (χ1v) is 22.5. The molecule has 0 atom stereocenters. The van der Waals surface area contributed by atoms with Gasteiger partial charge in [0.15, 0.2) is 11.5 Å². The van der Waals surface area contributed by atoms with Gasteiger partial charge in [-0.15, -0.1) is 0 Å². The summed E-state index contributed by atoms with van der Waals surface area (Å²) in [5, 5.41) is 32.0. The van der Waals surface area contributed by atoms with Crippen LogP contribution in [0.2, 0.25) is 0 Å². The smallest absolute Gasteiger partial charge is 0.159 e. The van der Waals surface area contributed by atoms with E-state index >= 15 is 0 Å². The second-order valence-corrected chi connectivity index (χ2v) is 20.1. The van der Waals surface area contributed by atoms with Gasteiger partial charge in [0.2, 0.25) is 0 Å². The normalized spacial score (nSPS) is 12.3. The summed E-state index contributed by atoms with van der Waals surface area (Å²) >= 11 is 0. The van der Waals surface area contributed by atoms with E-state index in [1.807, 2.05) is 84.9 Å². The number of aliphatic hydroxyl groups excluding tert-OH is 2. The fourth-order valence-electron chi connectivity index (χ4n) is 7.71. The number of hydrogen-bond donors (Lipinski definition) is 2. The molecule has 0 saturated carbocycles. The van der Waals surface area contributed by atoms with Crippen molar-refractivity contribution in [3.8, 4) is 11.1 Å². The maximum Gasteiger partial charge on any atom is 0.159 e. The van der Waals surface area contributed by atoms with Gasteiger partial charge in [0.25, 0.3) is 0 Å². The minimum absolute atomic E-state index is 0.184. The number of aliphatic hydroxyl groups is 2. The van der Waals surface area contributed by atoms with Gasteiger partial charge in [-0.3, -0.25) is 0 Å². The lowest BCUT2D eigenvalue weighted by molar-refractivity contribution is 0.511. The summed E-state index contributed by atoms with van der Waals surface area (Å²) in [5.74, 6) is 4.56. The van der Waals surface area contributed by atoms with E-state index in [4.69, 9.17) is 0 Å². The van der Waals surface area contributed by atoms with Gasteiger partial charge >= 0.3 is 0 Å². The molecular weight excluding hydrogens is 719 g/mol. The minimum atomic E-state index is -2.52. The minimum Gasteiger partial charge on any atom is -0.504 e. The molecule has 0 bridgehead atoms. The molecule has 8 aromatic rings. The average Bonchev–Trinajstić information content (AvgIpc) is 3.29. The van der Waals surface area contributed by atoms with Gasteiger partial charge in [-0.2, -0.15) is 0 Å². The van der Waals surface area contributed by atoms with E-state index in [-0.39, 0.29) is 11.5 Å². The Morgan fingerprint density at radius 1 is 0.268 bits per heavy atom. The number of hydrogen-bond acceptors (Lipinski definition) is 2. The summed E-state index contributed by atoms with van der Waals surface area (Å²) in [5.41, 5.74) is 3.03. The highest BCUT2D eigenvalue weighted by molar-refractivity contribution is 7.98. The Morgan fingerprint density at radius 2 is 0.464 bits per heavy atom. The third-order valence-electron chi connectivity index (χ3n) is 10.3. The van der Waals surface area contributed by atoms with Gasteiger partial charge in [-0.1, -0.05) is 158 Å². The fraction of sp³-hybridized carbons (Fsp3) is 0. The summed E-state index contributed by atoms with van der Waals surface area (Å²) in [7, 11) is -5.03. The first-order chi connectivity index (χ1) is 27.6. The third-order valence-corrected chi connectivity index (χ3v) is 18.2. The Balaban J connectivity index is 1.34. The predicted octanol–water partition coefficient (Wildman–Crippen LogP) is 11.1. The maximum absolute atomic E-state index is 12.6. The zero-order chi connectivity index (χ0) is 38.2. The van der Waals surface area contributed by atoms with Crippen LogP contribution in [0.1, 0.15) is 11.1 Å². The maximum atomic E-state index is 12.6. The van der Waals surface area contributed by atoms with E-state index in [0.717, 1.165) is 43.0 Å². The van der Waals surface area contributed by atoms with Gasteiger partial charge < -0.3 is 10.2 Å². The molecule has 0 amide bonds. The third kappa shape index (κ3) is 7.02. The van der Waals surface area contributed by atoms with Crippen LogP contribution in [0.15, 0.2) is 242 Å². The van der Waals surface area contributed by atoms with Crippen LogP contribution in [-0.2, 0) is 0 Å². The van der Waals surface area contributed by atoms with Crippen molar-refractivity contribution >= 4 is 57.9 Å². The topological polar surface area (TPSA) is 40.5 Å². The van der Waals surface area contributed by atoms with E-state index in [1.54, 1.807) is 0 Å². The zero-order valence-corrected chi connectivity index (χ0v) is 32.7. The molecule has 0 unspecified atom stereocenters. The van der Waals surface area contributed by atoms with Crippen LogP contribution >= 0.6 is 14.5 Å². The molecular formula is C52H42O2P2+2. The van der Waals surface area contributed by atoms with Crippen LogP contribution < -0.4 is 31.8 Å². The molecule has 0 aliphatic carbocycles. The average molecular weight is 761 g/mol. The van der Waals surface area contributed by atoms with Gasteiger partial charge in [0.1, 0.15) is 58.0 Å². The molecule has 0 spiro atoms. The standard InChI is InChI=1S/C52H40O2P2/c53-51(39-55(41-23-7-1-8-24-41,42-25-9-2-10-26-42)43-27-11-3-12-28-43)49-37-21-19-35-47(49)48-36-20-22-38-50(48)52(54)40-56(44-29-13-4-14-30-44,45-31-15-5-16-32-45)46-33-17-6-18-34-46/h1-40H/p+2/b51-39-,52-40-. The van der Waals surface area contributed by atoms with Crippen LogP contribution in [0.5, 0.6) is 0 Å². The Kier molecular flexibility index (Phi) is 10.9. The van der Waals surface area contributed by atoms with E-state index in [9.17, 15) is 10.2 Å². The van der Waals surface area contributed by atoms with Crippen molar-refractivity contribution in [3.63, 3.8) is 0 Å². The zero-order valence-electron chi connectivity index (χ0n) is 30.9. The molecule has 270 valence electrons. The summed E-state index contributed by atoms with van der Waals surface area (Å²) in [4.78, 5) is 0. The molecule has 2 N–H and O–H groups in total. The highest BCUT2D eigenvalue weighted by atomic mass is 31.2.